The van der Waals surface area contributed by atoms with Crippen LogP contribution in [0.5, 0.6) is 0 Å². The van der Waals surface area contributed by atoms with Gasteiger partial charge < -0.3 is 9.59 Å². The first-order valence-electron chi connectivity index (χ1n) is 4.12. The van der Waals surface area contributed by atoms with Crippen LogP contribution in [0.3, 0.4) is 0 Å². The maximum atomic E-state index is 10.1. The van der Waals surface area contributed by atoms with Gasteiger partial charge in [-0.3, -0.25) is 0 Å². The number of hydrogen-bond donors (Lipinski definition) is 0. The Hall–Kier alpha value is -1.06. The maximum absolute atomic E-state index is 10.1. The Bertz CT molecular complexity index is 149. The molecule has 0 aromatic rings. The van der Waals surface area contributed by atoms with Crippen molar-refractivity contribution in [2.24, 2.45) is 10.2 Å². The molecule has 0 amide bonds. The third-order valence-electron chi connectivity index (χ3n) is 1.36. The van der Waals surface area contributed by atoms with Crippen molar-refractivity contribution in [1.82, 2.24) is 0 Å². The highest BCUT2D eigenvalue weighted by molar-refractivity contribution is 5.82. The fourth-order valence-electron chi connectivity index (χ4n) is 0.671. The third kappa shape index (κ3) is 5.70. The molecular formula is C8H14N2O2. The molecule has 12 heavy (non-hydrogen) atoms. The fourth-order valence-corrected chi connectivity index (χ4v) is 0.671. The van der Waals surface area contributed by atoms with Gasteiger partial charge in [-0.2, -0.15) is 10.2 Å². The van der Waals surface area contributed by atoms with Crippen molar-refractivity contribution in [1.29, 1.82) is 0 Å². The lowest BCUT2D eigenvalue weighted by Gasteiger charge is -1.92. The zero-order valence-corrected chi connectivity index (χ0v) is 7.27. The zero-order chi connectivity index (χ0) is 9.23. The molecule has 0 aromatic carbocycles. The summed E-state index contributed by atoms with van der Waals surface area (Å²) in [6.07, 6.45) is 4.16. The molecule has 4 heteroatoms. The van der Waals surface area contributed by atoms with E-state index >= 15 is 0 Å². The molecule has 0 heterocycles. The molecule has 0 radical (unpaired) electrons. The number of unbranched alkanes of at least 4 members (excludes halogenated alkanes) is 2. The van der Waals surface area contributed by atoms with Gasteiger partial charge in [0.25, 0.3) is 0 Å². The van der Waals surface area contributed by atoms with Gasteiger partial charge in [0.1, 0.15) is 0 Å². The topological polar surface area (TPSA) is 58.9 Å². The van der Waals surface area contributed by atoms with E-state index < -0.39 is 6.04 Å². The molecule has 0 unspecified atom stereocenters. The number of rotatable bonds is 7. The summed E-state index contributed by atoms with van der Waals surface area (Å²) in [6.45, 7) is 2.70. The molecular weight excluding hydrogens is 156 g/mol. The van der Waals surface area contributed by atoms with Gasteiger partial charge >= 0.3 is 0 Å². The van der Waals surface area contributed by atoms with E-state index in [0.717, 1.165) is 19.3 Å². The average molecular weight is 170 g/mol. The highest BCUT2D eigenvalue weighted by Gasteiger charge is 1.99. The summed E-state index contributed by atoms with van der Waals surface area (Å²) in [5.41, 5.74) is 0. The van der Waals surface area contributed by atoms with Gasteiger partial charge in [0, 0.05) is 0 Å². The van der Waals surface area contributed by atoms with E-state index in [1.54, 1.807) is 0 Å². The molecule has 0 aromatic heterocycles. The minimum absolute atomic E-state index is 0.482. The standard InChI is InChI=1S/C8H14N2O2/c1-2-3-4-5-9-10-8(6-11)7-12/h6-8H,2-5H2,1H3/b10-9+. The lowest BCUT2D eigenvalue weighted by atomic mass is 10.3. The quantitative estimate of drug-likeness (QED) is 0.251. The van der Waals surface area contributed by atoms with Crippen molar-refractivity contribution in [2.75, 3.05) is 6.54 Å². The Balaban J connectivity index is 3.45. The number of carbonyl (C=O) groups is 2. The smallest absolute Gasteiger partial charge is 0.181 e. The molecule has 0 aliphatic heterocycles. The van der Waals surface area contributed by atoms with Crippen LogP contribution in [0, 0.1) is 0 Å². The highest BCUT2D eigenvalue weighted by Crippen LogP contribution is 1.94. The first-order chi connectivity index (χ1) is 5.85. The van der Waals surface area contributed by atoms with Crippen LogP contribution < -0.4 is 0 Å². The average Bonchev–Trinajstić information content (AvgIpc) is 2.11. The summed E-state index contributed by atoms with van der Waals surface area (Å²) >= 11 is 0. The second-order valence-electron chi connectivity index (χ2n) is 2.45. The van der Waals surface area contributed by atoms with Gasteiger partial charge in [0.15, 0.2) is 18.6 Å². The van der Waals surface area contributed by atoms with Crippen molar-refractivity contribution in [3.63, 3.8) is 0 Å². The van der Waals surface area contributed by atoms with Gasteiger partial charge in [-0.1, -0.05) is 19.8 Å². The van der Waals surface area contributed by atoms with Crippen LogP contribution in [0.1, 0.15) is 26.2 Å². The molecule has 0 N–H and O–H groups in total. The Kier molecular flexibility index (Phi) is 7.33. The molecule has 0 spiro atoms. The second-order valence-corrected chi connectivity index (χ2v) is 2.45. The van der Waals surface area contributed by atoms with E-state index in [0.29, 0.717) is 19.1 Å². The highest BCUT2D eigenvalue weighted by atomic mass is 16.1. The van der Waals surface area contributed by atoms with Crippen LogP contribution in [0.25, 0.3) is 0 Å². The summed E-state index contributed by atoms with van der Waals surface area (Å²) in [5.74, 6) is 0. The summed E-state index contributed by atoms with van der Waals surface area (Å²) in [6, 6.07) is -0.897. The Morgan fingerprint density at radius 3 is 2.42 bits per heavy atom. The van der Waals surface area contributed by atoms with Gasteiger partial charge in [0.2, 0.25) is 0 Å². The van der Waals surface area contributed by atoms with Crippen molar-refractivity contribution in [3.05, 3.63) is 0 Å². The molecule has 0 fully saturated rings. The number of azo groups is 1. The van der Waals surface area contributed by atoms with E-state index in [1.165, 1.54) is 0 Å². The fraction of sp³-hybridized carbons (Fsp3) is 0.750. The van der Waals surface area contributed by atoms with E-state index in [2.05, 4.69) is 17.2 Å². The normalized spacial score (nSPS) is 10.8. The van der Waals surface area contributed by atoms with Crippen molar-refractivity contribution >= 4 is 12.6 Å². The minimum atomic E-state index is -0.897. The minimum Gasteiger partial charge on any atom is -0.300 e. The Morgan fingerprint density at radius 2 is 1.92 bits per heavy atom. The van der Waals surface area contributed by atoms with Gasteiger partial charge in [-0.15, -0.1) is 0 Å². The van der Waals surface area contributed by atoms with Crippen LogP contribution in [-0.4, -0.2) is 25.2 Å². The van der Waals surface area contributed by atoms with Gasteiger partial charge in [-0.05, 0) is 6.42 Å². The Labute approximate surface area is 72.1 Å². The monoisotopic (exact) mass is 170 g/mol. The van der Waals surface area contributed by atoms with Crippen molar-refractivity contribution in [3.8, 4) is 0 Å². The molecule has 4 nitrogen and oxygen atoms in total. The maximum Gasteiger partial charge on any atom is 0.181 e. The van der Waals surface area contributed by atoms with Gasteiger partial charge in [0.05, 0.1) is 6.54 Å². The van der Waals surface area contributed by atoms with E-state index in [4.69, 9.17) is 0 Å². The predicted molar refractivity (Wildman–Crippen MR) is 45.2 cm³/mol. The number of aldehydes is 2. The third-order valence-corrected chi connectivity index (χ3v) is 1.36. The van der Waals surface area contributed by atoms with Crippen molar-refractivity contribution < 1.29 is 9.59 Å². The van der Waals surface area contributed by atoms with Crippen LogP contribution >= 0.6 is 0 Å². The largest absolute Gasteiger partial charge is 0.300 e. The lowest BCUT2D eigenvalue weighted by molar-refractivity contribution is -0.116. The zero-order valence-electron chi connectivity index (χ0n) is 7.27. The van der Waals surface area contributed by atoms with Crippen molar-refractivity contribution in [2.45, 2.75) is 32.2 Å². The molecule has 68 valence electrons. The van der Waals surface area contributed by atoms with Gasteiger partial charge in [-0.25, -0.2) is 0 Å². The van der Waals surface area contributed by atoms with E-state index in [-0.39, 0.29) is 0 Å². The second kappa shape index (κ2) is 8.04. The first-order valence-corrected chi connectivity index (χ1v) is 4.12. The first kappa shape index (κ1) is 10.9. The van der Waals surface area contributed by atoms with Crippen LogP contribution in [0.4, 0.5) is 0 Å². The number of carbonyl (C=O) groups excluding carboxylic acids is 2. The lowest BCUT2D eigenvalue weighted by Crippen LogP contribution is -2.05. The summed E-state index contributed by atoms with van der Waals surface area (Å²) in [7, 11) is 0. The number of nitrogens with zero attached hydrogens (tertiary/aromatic N) is 2. The van der Waals surface area contributed by atoms with E-state index in [1.807, 2.05) is 0 Å². The summed E-state index contributed by atoms with van der Waals surface area (Å²) < 4.78 is 0. The molecule has 0 rings (SSSR count). The van der Waals surface area contributed by atoms with E-state index in [9.17, 15) is 9.59 Å². The van der Waals surface area contributed by atoms with Crippen LogP contribution in [0.15, 0.2) is 10.2 Å². The molecule has 0 aliphatic rings. The molecule has 0 bridgehead atoms. The predicted octanol–water partition coefficient (Wildman–Crippen LogP) is 1.40. The summed E-state index contributed by atoms with van der Waals surface area (Å²) in [5, 5.41) is 7.23. The van der Waals surface area contributed by atoms with Crippen LogP contribution in [-0.2, 0) is 9.59 Å². The summed E-state index contributed by atoms with van der Waals surface area (Å²) in [4.78, 5) is 20.1. The SMILES string of the molecule is CCCCC/N=N/C(C=O)C=O. The van der Waals surface area contributed by atoms with Crippen LogP contribution in [0.2, 0.25) is 0 Å². The molecule has 0 aliphatic carbocycles. The molecule has 0 saturated carbocycles. The molecule has 0 saturated heterocycles. The Morgan fingerprint density at radius 1 is 1.25 bits per heavy atom. The molecule has 0 atom stereocenters. The number of hydrogen-bond acceptors (Lipinski definition) is 4.